The van der Waals surface area contributed by atoms with Crippen LogP contribution in [0.15, 0.2) is 46.1 Å². The van der Waals surface area contributed by atoms with Crippen molar-refractivity contribution in [2.45, 2.75) is 50.0 Å². The molecule has 1 saturated heterocycles. The van der Waals surface area contributed by atoms with Crippen LogP contribution in [-0.2, 0) is 27.5 Å². The van der Waals surface area contributed by atoms with Gasteiger partial charge in [0.15, 0.2) is 15.5 Å². The fraction of sp³-hybridized carbons (Fsp3) is 0.409. The first kappa shape index (κ1) is 21.3. The topological polar surface area (TPSA) is 105 Å². The van der Waals surface area contributed by atoms with E-state index in [-0.39, 0.29) is 28.8 Å². The molecule has 1 N–H and O–H groups in total. The van der Waals surface area contributed by atoms with Crippen molar-refractivity contribution in [1.82, 2.24) is 19.5 Å². The maximum atomic E-state index is 13.1. The van der Waals surface area contributed by atoms with Crippen molar-refractivity contribution in [3.05, 3.63) is 63.7 Å². The Morgan fingerprint density at radius 1 is 1.19 bits per heavy atom. The first-order chi connectivity index (χ1) is 14.8. The Hall–Kier alpha value is -2.94. The standard InChI is InChI=1S/C22H26N4O4S/c1-3-16-13-22(28)26-20(23-16)14-18(24-26)19-6-4-5-11-25(19)21(27)12-15-7-9-17(10-8-15)31(2,29)30/h7-10,13-14,19,24H,3-6,11-12H2,1-2H3/t19-/m0/s1. The third-order valence-electron chi connectivity index (χ3n) is 5.77. The molecule has 0 spiro atoms. The molecule has 8 nitrogen and oxygen atoms in total. The van der Waals surface area contributed by atoms with Crippen molar-refractivity contribution < 1.29 is 13.2 Å². The summed E-state index contributed by atoms with van der Waals surface area (Å²) in [6, 6.07) is 9.68. The van der Waals surface area contributed by atoms with Crippen LogP contribution in [0.5, 0.6) is 0 Å². The van der Waals surface area contributed by atoms with Crippen molar-refractivity contribution in [2.24, 2.45) is 0 Å². The smallest absolute Gasteiger partial charge is 0.272 e. The van der Waals surface area contributed by atoms with Crippen molar-refractivity contribution in [3.8, 4) is 0 Å². The number of likely N-dealkylation sites (tertiary alicyclic amines) is 1. The lowest BCUT2D eigenvalue weighted by molar-refractivity contribution is -0.134. The summed E-state index contributed by atoms with van der Waals surface area (Å²) in [4.78, 5) is 32.1. The summed E-state index contributed by atoms with van der Waals surface area (Å²) in [5.41, 5.74) is 2.72. The van der Waals surface area contributed by atoms with Crippen LogP contribution in [0.3, 0.4) is 0 Å². The van der Waals surface area contributed by atoms with E-state index >= 15 is 0 Å². The summed E-state index contributed by atoms with van der Waals surface area (Å²) in [6.45, 7) is 2.60. The monoisotopic (exact) mass is 442 g/mol. The normalized spacial score (nSPS) is 17.2. The zero-order chi connectivity index (χ0) is 22.2. The van der Waals surface area contributed by atoms with E-state index < -0.39 is 9.84 Å². The van der Waals surface area contributed by atoms with Gasteiger partial charge in [-0.3, -0.25) is 14.7 Å². The molecule has 1 fully saturated rings. The second-order valence-corrected chi connectivity index (χ2v) is 10.1. The number of hydrogen-bond acceptors (Lipinski definition) is 5. The SMILES string of the molecule is CCc1cc(=O)n2[nH]c([C@@H]3CCCCN3C(=O)Cc3ccc(S(C)(=O)=O)cc3)cc2n1. The number of nitrogens with one attached hydrogen (secondary N) is 1. The molecule has 9 heteroatoms. The van der Waals surface area contributed by atoms with E-state index in [2.05, 4.69) is 10.1 Å². The van der Waals surface area contributed by atoms with Crippen molar-refractivity contribution in [3.63, 3.8) is 0 Å². The van der Waals surface area contributed by atoms with E-state index in [0.717, 1.165) is 42.5 Å². The highest BCUT2D eigenvalue weighted by Crippen LogP contribution is 2.31. The molecule has 31 heavy (non-hydrogen) atoms. The Balaban J connectivity index is 1.58. The van der Waals surface area contributed by atoms with Crippen molar-refractivity contribution >= 4 is 21.4 Å². The fourth-order valence-electron chi connectivity index (χ4n) is 4.09. The molecular weight excluding hydrogens is 416 g/mol. The van der Waals surface area contributed by atoms with Gasteiger partial charge in [0, 0.05) is 30.6 Å². The van der Waals surface area contributed by atoms with Gasteiger partial charge in [-0.1, -0.05) is 19.1 Å². The summed E-state index contributed by atoms with van der Waals surface area (Å²) in [7, 11) is -3.27. The average molecular weight is 443 g/mol. The number of H-pyrrole nitrogens is 1. The fourth-order valence-corrected chi connectivity index (χ4v) is 4.73. The van der Waals surface area contributed by atoms with Crippen LogP contribution in [0.2, 0.25) is 0 Å². The number of nitrogens with zero attached hydrogens (tertiary/aromatic N) is 3. The van der Waals surface area contributed by atoms with Gasteiger partial charge in [-0.05, 0) is 43.4 Å². The van der Waals surface area contributed by atoms with E-state index in [1.165, 1.54) is 22.7 Å². The van der Waals surface area contributed by atoms with Gasteiger partial charge in [-0.15, -0.1) is 0 Å². The number of aromatic nitrogens is 3. The summed E-state index contributed by atoms with van der Waals surface area (Å²) < 4.78 is 24.7. The van der Waals surface area contributed by atoms with E-state index in [1.807, 2.05) is 17.9 Å². The Morgan fingerprint density at radius 2 is 1.94 bits per heavy atom. The maximum absolute atomic E-state index is 13.1. The highest BCUT2D eigenvalue weighted by atomic mass is 32.2. The molecule has 0 bridgehead atoms. The molecule has 1 atom stereocenters. The van der Waals surface area contributed by atoms with Crippen LogP contribution >= 0.6 is 0 Å². The summed E-state index contributed by atoms with van der Waals surface area (Å²) in [5, 5.41) is 3.14. The van der Waals surface area contributed by atoms with Gasteiger partial charge in [0.2, 0.25) is 5.91 Å². The molecule has 1 amide bonds. The van der Waals surface area contributed by atoms with Gasteiger partial charge in [0.25, 0.3) is 5.56 Å². The molecule has 3 aromatic rings. The predicted molar refractivity (Wildman–Crippen MR) is 117 cm³/mol. The molecule has 1 aromatic carbocycles. The average Bonchev–Trinajstić information content (AvgIpc) is 3.18. The number of aryl methyl sites for hydroxylation is 1. The number of rotatable bonds is 5. The third kappa shape index (κ3) is 4.41. The first-order valence-electron chi connectivity index (χ1n) is 10.5. The minimum absolute atomic E-state index is 0.0231. The van der Waals surface area contributed by atoms with Crippen molar-refractivity contribution in [1.29, 1.82) is 0 Å². The minimum atomic E-state index is -3.27. The summed E-state index contributed by atoms with van der Waals surface area (Å²) in [5.74, 6) is -0.0231. The van der Waals surface area contributed by atoms with Gasteiger partial charge < -0.3 is 4.90 Å². The third-order valence-corrected chi connectivity index (χ3v) is 6.90. The summed E-state index contributed by atoms with van der Waals surface area (Å²) >= 11 is 0. The lowest BCUT2D eigenvalue weighted by Crippen LogP contribution is -2.39. The zero-order valence-corrected chi connectivity index (χ0v) is 18.5. The van der Waals surface area contributed by atoms with Gasteiger partial charge in [0.05, 0.1) is 23.1 Å². The molecule has 4 rings (SSSR count). The van der Waals surface area contributed by atoms with Crippen LogP contribution < -0.4 is 5.56 Å². The number of hydrogen-bond donors (Lipinski definition) is 1. The van der Waals surface area contributed by atoms with Gasteiger partial charge in [-0.2, -0.15) is 0 Å². The number of benzene rings is 1. The highest BCUT2D eigenvalue weighted by molar-refractivity contribution is 7.90. The number of amides is 1. The molecule has 1 aliphatic heterocycles. The number of carbonyl (C=O) groups is 1. The second-order valence-electron chi connectivity index (χ2n) is 8.04. The van der Waals surface area contributed by atoms with Crippen LogP contribution in [-0.4, -0.2) is 46.6 Å². The second kappa shape index (κ2) is 8.30. The number of fused-ring (bicyclic) bond motifs is 1. The molecule has 0 saturated carbocycles. The lowest BCUT2D eigenvalue weighted by atomic mass is 9.98. The van der Waals surface area contributed by atoms with Gasteiger partial charge in [-0.25, -0.2) is 17.9 Å². The molecule has 0 unspecified atom stereocenters. The van der Waals surface area contributed by atoms with E-state index in [9.17, 15) is 18.0 Å². The van der Waals surface area contributed by atoms with E-state index in [1.54, 1.807) is 12.1 Å². The molecule has 1 aliphatic rings. The maximum Gasteiger partial charge on any atom is 0.272 e. The van der Waals surface area contributed by atoms with E-state index in [4.69, 9.17) is 0 Å². The molecule has 2 aromatic heterocycles. The highest BCUT2D eigenvalue weighted by Gasteiger charge is 2.29. The summed E-state index contributed by atoms with van der Waals surface area (Å²) in [6.07, 6.45) is 4.76. The van der Waals surface area contributed by atoms with Gasteiger partial charge >= 0.3 is 0 Å². The Kier molecular flexibility index (Phi) is 5.70. The molecule has 3 heterocycles. The first-order valence-corrected chi connectivity index (χ1v) is 12.4. The Labute approximate surface area is 180 Å². The Bertz CT molecular complexity index is 1280. The Morgan fingerprint density at radius 3 is 2.61 bits per heavy atom. The number of carbonyl (C=O) groups excluding carboxylic acids is 1. The van der Waals surface area contributed by atoms with Crippen molar-refractivity contribution in [2.75, 3.05) is 12.8 Å². The quantitative estimate of drug-likeness (QED) is 0.653. The number of piperidine rings is 1. The van der Waals surface area contributed by atoms with Crippen LogP contribution in [0.25, 0.3) is 5.65 Å². The molecular formula is C22H26N4O4S. The van der Waals surface area contributed by atoms with Gasteiger partial charge in [0.1, 0.15) is 0 Å². The van der Waals surface area contributed by atoms with Crippen LogP contribution in [0.4, 0.5) is 0 Å². The molecule has 0 radical (unpaired) electrons. The largest absolute Gasteiger partial charge is 0.334 e. The molecule has 0 aliphatic carbocycles. The van der Waals surface area contributed by atoms with Crippen LogP contribution in [0, 0.1) is 0 Å². The van der Waals surface area contributed by atoms with Crippen LogP contribution in [0.1, 0.15) is 49.2 Å². The zero-order valence-electron chi connectivity index (χ0n) is 17.7. The predicted octanol–water partition coefficient (Wildman–Crippen LogP) is 2.28. The van der Waals surface area contributed by atoms with E-state index in [0.29, 0.717) is 18.6 Å². The number of sulfone groups is 1. The number of aromatic amines is 1. The minimum Gasteiger partial charge on any atom is -0.334 e. The lowest BCUT2D eigenvalue weighted by Gasteiger charge is -2.35. The molecule has 164 valence electrons.